The number of aromatic nitrogens is 1. The third-order valence-electron chi connectivity index (χ3n) is 6.46. The molecule has 0 bridgehead atoms. The molecule has 1 aliphatic rings. The van der Waals surface area contributed by atoms with Gasteiger partial charge in [0.2, 0.25) is 5.76 Å². The number of anilines is 2. The Hall–Kier alpha value is -3.13. The lowest BCUT2D eigenvalue weighted by atomic mass is 10.1. The number of nitrogens with one attached hydrogen (secondary N) is 1. The number of pyridine rings is 1. The number of furan rings is 1. The van der Waals surface area contributed by atoms with Gasteiger partial charge in [-0.15, -0.1) is 5.16 Å². The van der Waals surface area contributed by atoms with Gasteiger partial charge < -0.3 is 19.0 Å². The van der Waals surface area contributed by atoms with Gasteiger partial charge in [0.25, 0.3) is 8.32 Å². The maximum atomic E-state index is 12.5. The molecule has 0 saturated heterocycles. The van der Waals surface area contributed by atoms with E-state index in [2.05, 4.69) is 61.5 Å². The summed E-state index contributed by atoms with van der Waals surface area (Å²) in [4.78, 5) is 16.6. The Morgan fingerprint density at radius 1 is 1.24 bits per heavy atom. The van der Waals surface area contributed by atoms with Crippen LogP contribution in [0.3, 0.4) is 0 Å². The molecule has 0 aliphatic heterocycles. The molecule has 7 nitrogen and oxygen atoms in total. The Bertz CT molecular complexity index is 1220. The molecule has 0 radical (unpaired) electrons. The smallest absolute Gasteiger partial charge is 0.376 e. The van der Waals surface area contributed by atoms with Crippen molar-refractivity contribution in [3.8, 4) is 0 Å². The largest absolute Gasteiger partial charge is 0.460 e. The van der Waals surface area contributed by atoms with Crippen LogP contribution in [-0.2, 0) is 15.7 Å². The summed E-state index contributed by atoms with van der Waals surface area (Å²) in [6.07, 6.45) is 5.01. The first kappa shape index (κ1) is 23.0. The summed E-state index contributed by atoms with van der Waals surface area (Å²) in [5, 5.41) is 8.83. The number of hydrogen-bond donors (Lipinski definition) is 1. The number of carbonyl (C=O) groups excluding carboxylic acids is 1. The normalized spacial score (nSPS) is 15.0. The van der Waals surface area contributed by atoms with Crippen molar-refractivity contribution in [2.45, 2.75) is 58.7 Å². The average Bonchev–Trinajstić information content (AvgIpc) is 3.33. The van der Waals surface area contributed by atoms with Crippen LogP contribution >= 0.6 is 0 Å². The van der Waals surface area contributed by atoms with E-state index in [1.165, 1.54) is 5.56 Å². The second-order valence-electron chi connectivity index (χ2n) is 9.78. The summed E-state index contributed by atoms with van der Waals surface area (Å²) >= 11 is 0. The van der Waals surface area contributed by atoms with Crippen molar-refractivity contribution in [1.29, 1.82) is 0 Å². The third-order valence-corrected chi connectivity index (χ3v) is 10.6. The van der Waals surface area contributed by atoms with Gasteiger partial charge in [-0.2, -0.15) is 0 Å². The van der Waals surface area contributed by atoms with Crippen molar-refractivity contribution in [1.82, 2.24) is 4.98 Å². The lowest BCUT2D eigenvalue weighted by Crippen LogP contribution is -2.39. The van der Waals surface area contributed by atoms with Crippen LogP contribution < -0.4 is 5.32 Å². The van der Waals surface area contributed by atoms with Crippen molar-refractivity contribution in [3.63, 3.8) is 0 Å². The summed E-state index contributed by atoms with van der Waals surface area (Å²) in [5.41, 5.74) is 5.29. The minimum atomic E-state index is -1.96. The number of fused-ring (bicyclic) bond motifs is 2. The van der Waals surface area contributed by atoms with Crippen LogP contribution in [0.5, 0.6) is 0 Å². The van der Waals surface area contributed by atoms with E-state index in [0.717, 1.165) is 35.2 Å². The number of rotatable bonds is 6. The van der Waals surface area contributed by atoms with Gasteiger partial charge in [0.05, 0.1) is 18.5 Å². The molecule has 0 atom stereocenters. The van der Waals surface area contributed by atoms with Gasteiger partial charge in [-0.05, 0) is 61.7 Å². The highest BCUT2D eigenvalue weighted by Gasteiger charge is 2.40. The van der Waals surface area contributed by atoms with Crippen molar-refractivity contribution >= 4 is 42.3 Å². The molecule has 8 heteroatoms. The van der Waals surface area contributed by atoms with Crippen LogP contribution in [0.2, 0.25) is 18.1 Å². The summed E-state index contributed by atoms with van der Waals surface area (Å²) in [6, 6.07) is 7.96. The topological polar surface area (TPSA) is 86.0 Å². The van der Waals surface area contributed by atoms with Crippen molar-refractivity contribution < 1.29 is 18.5 Å². The number of carbonyl (C=O) groups is 1. The standard InChI is InChI=1S/C25H31N3O4Si/c1-7-30-24(29)23-22(19-12-13-26-15-21(19)31-23)27-17-9-10-18-16(14-17)8-11-20(18)28-32-33(5,6)25(2,3)4/h9-10,12-15,27H,7-8,11H2,1-6H3. The number of ether oxygens (including phenoxy) is 1. The second-order valence-corrected chi connectivity index (χ2v) is 14.5. The maximum Gasteiger partial charge on any atom is 0.376 e. The van der Waals surface area contributed by atoms with E-state index in [1.807, 2.05) is 12.1 Å². The van der Waals surface area contributed by atoms with Gasteiger partial charge in [0.1, 0.15) is 5.69 Å². The molecule has 0 amide bonds. The maximum absolute atomic E-state index is 12.5. The summed E-state index contributed by atoms with van der Waals surface area (Å²) in [7, 11) is -1.96. The quantitative estimate of drug-likeness (QED) is 0.257. The molecule has 4 rings (SSSR count). The van der Waals surface area contributed by atoms with Gasteiger partial charge in [-0.1, -0.05) is 26.8 Å². The fraction of sp³-hybridized carbons (Fsp3) is 0.400. The van der Waals surface area contributed by atoms with Crippen LogP contribution in [0.25, 0.3) is 11.0 Å². The van der Waals surface area contributed by atoms with Gasteiger partial charge in [-0.3, -0.25) is 4.98 Å². The van der Waals surface area contributed by atoms with E-state index >= 15 is 0 Å². The zero-order chi connectivity index (χ0) is 23.8. The van der Waals surface area contributed by atoms with E-state index in [-0.39, 0.29) is 17.4 Å². The Labute approximate surface area is 195 Å². The fourth-order valence-electron chi connectivity index (χ4n) is 3.51. The van der Waals surface area contributed by atoms with Crippen LogP contribution in [0, 0.1) is 0 Å². The minimum Gasteiger partial charge on any atom is -0.460 e. The van der Waals surface area contributed by atoms with Crippen LogP contribution in [0.15, 0.2) is 46.2 Å². The molecule has 1 aliphatic carbocycles. The summed E-state index contributed by atoms with van der Waals surface area (Å²) in [6.45, 7) is 13.1. The molecule has 2 aromatic heterocycles. The van der Waals surface area contributed by atoms with E-state index in [4.69, 9.17) is 13.7 Å². The highest BCUT2D eigenvalue weighted by atomic mass is 28.4. The molecule has 1 aromatic carbocycles. The molecule has 0 spiro atoms. The van der Waals surface area contributed by atoms with Gasteiger partial charge in [-0.25, -0.2) is 4.79 Å². The number of hydrogen-bond acceptors (Lipinski definition) is 7. The number of benzene rings is 1. The Morgan fingerprint density at radius 2 is 2.03 bits per heavy atom. The zero-order valence-electron chi connectivity index (χ0n) is 20.1. The monoisotopic (exact) mass is 465 g/mol. The van der Waals surface area contributed by atoms with E-state index in [0.29, 0.717) is 11.3 Å². The van der Waals surface area contributed by atoms with Crippen molar-refractivity contribution in [2.24, 2.45) is 5.16 Å². The second kappa shape index (κ2) is 8.66. The molecule has 33 heavy (non-hydrogen) atoms. The Kier molecular flexibility index (Phi) is 6.05. The lowest BCUT2D eigenvalue weighted by molar-refractivity contribution is 0.0494. The van der Waals surface area contributed by atoms with Crippen LogP contribution in [0.1, 0.15) is 55.8 Å². The minimum absolute atomic E-state index is 0.103. The highest BCUT2D eigenvalue weighted by molar-refractivity contribution is 6.74. The summed E-state index contributed by atoms with van der Waals surface area (Å²) < 4.78 is 17.0. The predicted molar refractivity (Wildman–Crippen MR) is 133 cm³/mol. The van der Waals surface area contributed by atoms with Gasteiger partial charge in [0.15, 0.2) is 5.58 Å². The fourth-order valence-corrected chi connectivity index (χ4v) is 4.12. The van der Waals surface area contributed by atoms with Crippen molar-refractivity contribution in [2.75, 3.05) is 11.9 Å². The molecular formula is C25H31N3O4Si. The first-order valence-corrected chi connectivity index (χ1v) is 14.2. The number of oxime groups is 1. The first-order valence-electron chi connectivity index (χ1n) is 11.3. The predicted octanol–water partition coefficient (Wildman–Crippen LogP) is 6.42. The number of aryl methyl sites for hydroxylation is 1. The zero-order valence-corrected chi connectivity index (χ0v) is 21.1. The van der Waals surface area contributed by atoms with E-state index < -0.39 is 14.3 Å². The summed E-state index contributed by atoms with van der Waals surface area (Å²) in [5.74, 6) is -0.361. The molecule has 0 unspecified atom stereocenters. The Balaban J connectivity index is 1.62. The third kappa shape index (κ3) is 4.52. The molecule has 1 N–H and O–H groups in total. The van der Waals surface area contributed by atoms with Crippen molar-refractivity contribution in [3.05, 3.63) is 53.5 Å². The highest BCUT2D eigenvalue weighted by Crippen LogP contribution is 2.38. The van der Waals surface area contributed by atoms with Crippen LogP contribution in [0.4, 0.5) is 11.4 Å². The molecule has 3 aromatic rings. The lowest BCUT2D eigenvalue weighted by Gasteiger charge is -2.33. The number of esters is 1. The average molecular weight is 466 g/mol. The number of nitrogens with zero attached hydrogens (tertiary/aromatic N) is 2. The molecular weight excluding hydrogens is 434 g/mol. The molecule has 0 saturated carbocycles. The van der Waals surface area contributed by atoms with E-state index in [9.17, 15) is 4.79 Å². The SMILES string of the molecule is CCOC(=O)c1oc2cnccc2c1Nc1ccc2c(c1)CCC2=NO[Si](C)(C)C(C)(C)C. The Morgan fingerprint density at radius 3 is 2.76 bits per heavy atom. The molecule has 0 fully saturated rings. The molecule has 2 heterocycles. The van der Waals surface area contributed by atoms with Crippen LogP contribution in [-0.4, -0.2) is 31.6 Å². The first-order chi connectivity index (χ1) is 15.6. The van der Waals surface area contributed by atoms with E-state index in [1.54, 1.807) is 19.3 Å². The van der Waals surface area contributed by atoms with Gasteiger partial charge in [0, 0.05) is 22.8 Å². The molecule has 174 valence electrons. The van der Waals surface area contributed by atoms with Gasteiger partial charge >= 0.3 is 5.97 Å².